The zero-order valence-electron chi connectivity index (χ0n) is 11.8. The van der Waals surface area contributed by atoms with E-state index in [9.17, 15) is 0 Å². The van der Waals surface area contributed by atoms with Crippen LogP contribution in [0.3, 0.4) is 0 Å². The van der Waals surface area contributed by atoms with E-state index in [0.717, 1.165) is 37.2 Å². The smallest absolute Gasteiger partial charge is 0.218 e. The van der Waals surface area contributed by atoms with Gasteiger partial charge in [-0.1, -0.05) is 19.8 Å². The summed E-state index contributed by atoms with van der Waals surface area (Å²) in [5.74, 6) is 1.74. The average molecular weight is 248 g/mol. The maximum Gasteiger partial charge on any atom is 0.218 e. The molecule has 0 spiro atoms. The third-order valence-corrected chi connectivity index (χ3v) is 3.45. The second-order valence-corrected chi connectivity index (χ2v) is 5.23. The SMILES string of the molecule is CCNCc1c(C)cc(C)nc1OCCC1CC1. The zero-order valence-corrected chi connectivity index (χ0v) is 11.8. The first-order chi connectivity index (χ1) is 8.70. The molecule has 1 aromatic rings. The van der Waals surface area contributed by atoms with Gasteiger partial charge in [0.2, 0.25) is 5.88 Å². The number of pyridine rings is 1. The van der Waals surface area contributed by atoms with Gasteiger partial charge in [0.1, 0.15) is 0 Å². The molecule has 0 bridgehead atoms. The number of aromatic nitrogens is 1. The Hall–Kier alpha value is -1.09. The van der Waals surface area contributed by atoms with E-state index in [1.54, 1.807) is 0 Å². The Kier molecular flexibility index (Phi) is 4.59. The van der Waals surface area contributed by atoms with Gasteiger partial charge in [-0.25, -0.2) is 4.98 Å². The van der Waals surface area contributed by atoms with Crippen molar-refractivity contribution in [1.29, 1.82) is 0 Å². The molecule has 3 nitrogen and oxygen atoms in total. The molecular formula is C15H24N2O. The van der Waals surface area contributed by atoms with E-state index in [4.69, 9.17) is 4.74 Å². The Bertz CT molecular complexity index is 400. The lowest BCUT2D eigenvalue weighted by molar-refractivity contribution is 0.286. The van der Waals surface area contributed by atoms with E-state index in [-0.39, 0.29) is 0 Å². The summed E-state index contributed by atoms with van der Waals surface area (Å²) in [7, 11) is 0. The molecule has 2 rings (SSSR count). The second-order valence-electron chi connectivity index (χ2n) is 5.23. The first-order valence-corrected chi connectivity index (χ1v) is 7.01. The molecule has 0 radical (unpaired) electrons. The van der Waals surface area contributed by atoms with E-state index in [0.29, 0.717) is 0 Å². The Morgan fingerprint density at radius 1 is 1.39 bits per heavy atom. The molecule has 1 aromatic heterocycles. The number of rotatable bonds is 7. The molecule has 18 heavy (non-hydrogen) atoms. The highest BCUT2D eigenvalue weighted by Gasteiger charge is 2.21. The minimum atomic E-state index is 0.805. The molecule has 100 valence electrons. The molecule has 1 saturated carbocycles. The number of hydrogen-bond acceptors (Lipinski definition) is 3. The van der Waals surface area contributed by atoms with Crippen LogP contribution in [0.1, 0.15) is 43.0 Å². The molecule has 0 amide bonds. The third-order valence-electron chi connectivity index (χ3n) is 3.45. The van der Waals surface area contributed by atoms with Crippen LogP contribution < -0.4 is 10.1 Å². The van der Waals surface area contributed by atoms with Crippen LogP contribution in [0.25, 0.3) is 0 Å². The maximum atomic E-state index is 5.90. The van der Waals surface area contributed by atoms with E-state index in [1.807, 2.05) is 6.92 Å². The van der Waals surface area contributed by atoms with Crippen molar-refractivity contribution in [3.05, 3.63) is 22.9 Å². The van der Waals surface area contributed by atoms with Crippen LogP contribution in [0.2, 0.25) is 0 Å². The number of nitrogens with one attached hydrogen (secondary N) is 1. The normalized spacial score (nSPS) is 14.8. The molecule has 0 aromatic carbocycles. The summed E-state index contributed by atoms with van der Waals surface area (Å²) in [6.07, 6.45) is 3.94. The molecule has 0 aliphatic heterocycles. The molecule has 3 heteroatoms. The van der Waals surface area contributed by atoms with Crippen LogP contribution in [-0.4, -0.2) is 18.1 Å². The molecule has 0 saturated heterocycles. The fraction of sp³-hybridized carbons (Fsp3) is 0.667. The summed E-state index contributed by atoms with van der Waals surface area (Å²) in [6.45, 7) is 8.89. The first-order valence-electron chi connectivity index (χ1n) is 7.01. The molecule has 1 aliphatic rings. The van der Waals surface area contributed by atoms with Crippen LogP contribution in [0.4, 0.5) is 0 Å². The van der Waals surface area contributed by atoms with Crippen molar-refractivity contribution in [2.24, 2.45) is 5.92 Å². The topological polar surface area (TPSA) is 34.2 Å². The van der Waals surface area contributed by atoms with Gasteiger partial charge in [0.05, 0.1) is 6.61 Å². The molecular weight excluding hydrogens is 224 g/mol. The molecule has 1 aliphatic carbocycles. The van der Waals surface area contributed by atoms with Crippen LogP contribution in [0.5, 0.6) is 5.88 Å². The predicted octanol–water partition coefficient (Wildman–Crippen LogP) is 2.99. The molecule has 1 N–H and O–H groups in total. The highest BCUT2D eigenvalue weighted by Crippen LogP contribution is 2.32. The van der Waals surface area contributed by atoms with Gasteiger partial charge in [-0.15, -0.1) is 0 Å². The molecule has 0 unspecified atom stereocenters. The van der Waals surface area contributed by atoms with E-state index in [2.05, 4.69) is 30.2 Å². The fourth-order valence-electron chi connectivity index (χ4n) is 2.14. The van der Waals surface area contributed by atoms with Gasteiger partial charge < -0.3 is 10.1 Å². The standard InChI is InChI=1S/C15H24N2O/c1-4-16-10-14-11(2)9-12(3)17-15(14)18-8-7-13-5-6-13/h9,13,16H,4-8,10H2,1-3H3. The monoisotopic (exact) mass is 248 g/mol. The van der Waals surface area contributed by atoms with Crippen LogP contribution in [-0.2, 0) is 6.54 Å². The zero-order chi connectivity index (χ0) is 13.0. The van der Waals surface area contributed by atoms with Crippen molar-refractivity contribution in [3.8, 4) is 5.88 Å². The predicted molar refractivity (Wildman–Crippen MR) is 73.9 cm³/mol. The Balaban J connectivity index is 2.03. The minimum Gasteiger partial charge on any atom is -0.477 e. The second kappa shape index (κ2) is 6.19. The molecule has 1 heterocycles. The lowest BCUT2D eigenvalue weighted by Gasteiger charge is -2.14. The summed E-state index contributed by atoms with van der Waals surface area (Å²) in [4.78, 5) is 4.54. The van der Waals surface area contributed by atoms with Crippen molar-refractivity contribution in [2.75, 3.05) is 13.2 Å². The largest absolute Gasteiger partial charge is 0.477 e. The Morgan fingerprint density at radius 2 is 2.17 bits per heavy atom. The highest BCUT2D eigenvalue weighted by atomic mass is 16.5. The van der Waals surface area contributed by atoms with Gasteiger partial charge in [-0.3, -0.25) is 0 Å². The average Bonchev–Trinajstić information content (AvgIpc) is 3.12. The van der Waals surface area contributed by atoms with Gasteiger partial charge in [-0.2, -0.15) is 0 Å². The lowest BCUT2D eigenvalue weighted by atomic mass is 10.1. The number of ether oxygens (including phenoxy) is 1. The maximum absolute atomic E-state index is 5.90. The molecule has 0 atom stereocenters. The third kappa shape index (κ3) is 3.70. The first kappa shape index (κ1) is 13.3. The van der Waals surface area contributed by atoms with Crippen molar-refractivity contribution >= 4 is 0 Å². The quantitative estimate of drug-likeness (QED) is 0.805. The van der Waals surface area contributed by atoms with E-state index >= 15 is 0 Å². The summed E-state index contributed by atoms with van der Waals surface area (Å²) < 4.78 is 5.90. The van der Waals surface area contributed by atoms with Crippen LogP contribution >= 0.6 is 0 Å². The van der Waals surface area contributed by atoms with Crippen molar-refractivity contribution in [2.45, 2.75) is 46.6 Å². The van der Waals surface area contributed by atoms with E-state index in [1.165, 1.54) is 30.4 Å². The lowest BCUT2D eigenvalue weighted by Crippen LogP contribution is -2.15. The number of nitrogens with zero attached hydrogens (tertiary/aromatic N) is 1. The summed E-state index contributed by atoms with van der Waals surface area (Å²) in [6, 6.07) is 2.13. The van der Waals surface area contributed by atoms with Gasteiger partial charge in [0, 0.05) is 17.8 Å². The van der Waals surface area contributed by atoms with Crippen molar-refractivity contribution in [3.63, 3.8) is 0 Å². The molecule has 1 fully saturated rings. The summed E-state index contributed by atoms with van der Waals surface area (Å²) >= 11 is 0. The van der Waals surface area contributed by atoms with Gasteiger partial charge >= 0.3 is 0 Å². The highest BCUT2D eigenvalue weighted by molar-refractivity contribution is 5.35. The number of hydrogen-bond donors (Lipinski definition) is 1. The Labute approximate surface area is 110 Å². The summed E-state index contributed by atoms with van der Waals surface area (Å²) in [5.41, 5.74) is 3.51. The Morgan fingerprint density at radius 3 is 2.83 bits per heavy atom. The fourth-order valence-corrected chi connectivity index (χ4v) is 2.14. The van der Waals surface area contributed by atoms with Gasteiger partial charge in [-0.05, 0) is 44.4 Å². The van der Waals surface area contributed by atoms with Gasteiger partial charge in [0.15, 0.2) is 0 Å². The van der Waals surface area contributed by atoms with E-state index < -0.39 is 0 Å². The van der Waals surface area contributed by atoms with Gasteiger partial charge in [0.25, 0.3) is 0 Å². The summed E-state index contributed by atoms with van der Waals surface area (Å²) in [5, 5.41) is 3.36. The van der Waals surface area contributed by atoms with Crippen molar-refractivity contribution in [1.82, 2.24) is 10.3 Å². The van der Waals surface area contributed by atoms with Crippen molar-refractivity contribution < 1.29 is 4.74 Å². The van der Waals surface area contributed by atoms with Crippen LogP contribution in [0, 0.1) is 19.8 Å². The van der Waals surface area contributed by atoms with Crippen LogP contribution in [0.15, 0.2) is 6.07 Å². The number of aryl methyl sites for hydroxylation is 2. The minimum absolute atomic E-state index is 0.805.